The average Bonchev–Trinajstić information content (AvgIpc) is 2.54. The Bertz CT molecular complexity index is 408. The van der Waals surface area contributed by atoms with E-state index in [4.69, 9.17) is 4.42 Å². The molecule has 0 bridgehead atoms. The molecule has 0 spiro atoms. The molecule has 0 aliphatic heterocycles. The number of halogens is 2. The Labute approximate surface area is 77.3 Å². The molecule has 1 heterocycles. The first-order valence-electron chi connectivity index (χ1n) is 3.53. The predicted molar refractivity (Wildman–Crippen MR) is 48.8 cm³/mol. The molecule has 1 aromatic carbocycles. The van der Waals surface area contributed by atoms with Crippen molar-refractivity contribution in [1.82, 2.24) is 0 Å². The van der Waals surface area contributed by atoms with Gasteiger partial charge in [-0.05, 0) is 12.1 Å². The number of hydrogen-bond acceptors (Lipinski definition) is 1. The summed E-state index contributed by atoms with van der Waals surface area (Å²) in [5, 5.41) is 1.23. The van der Waals surface area contributed by atoms with Crippen LogP contribution in [0.1, 0.15) is 5.56 Å². The highest BCUT2D eigenvalue weighted by atomic mass is 79.9. The topological polar surface area (TPSA) is 13.1 Å². The summed E-state index contributed by atoms with van der Waals surface area (Å²) in [5.74, 6) is -0.233. The summed E-state index contributed by atoms with van der Waals surface area (Å²) in [6.07, 6.45) is 1.50. The fourth-order valence-corrected chi connectivity index (χ4v) is 1.63. The van der Waals surface area contributed by atoms with E-state index in [9.17, 15) is 4.39 Å². The van der Waals surface area contributed by atoms with Gasteiger partial charge in [-0.2, -0.15) is 0 Å². The molecule has 0 saturated heterocycles. The molecule has 1 aromatic heterocycles. The normalized spacial score (nSPS) is 10.8. The van der Waals surface area contributed by atoms with E-state index in [0.29, 0.717) is 16.3 Å². The highest BCUT2D eigenvalue weighted by molar-refractivity contribution is 9.08. The number of benzene rings is 1. The van der Waals surface area contributed by atoms with Crippen molar-refractivity contribution in [3.05, 3.63) is 35.8 Å². The molecule has 0 N–H and O–H groups in total. The Morgan fingerprint density at radius 3 is 2.92 bits per heavy atom. The highest BCUT2D eigenvalue weighted by Gasteiger charge is 2.06. The predicted octanol–water partition coefficient (Wildman–Crippen LogP) is 3.47. The fourth-order valence-electron chi connectivity index (χ4n) is 1.19. The second-order valence-corrected chi connectivity index (χ2v) is 3.06. The van der Waals surface area contributed by atoms with E-state index in [1.807, 2.05) is 0 Å². The van der Waals surface area contributed by atoms with E-state index < -0.39 is 0 Å². The molecular formula is C9H6BrFO. The quantitative estimate of drug-likeness (QED) is 0.682. The number of fused-ring (bicyclic) bond motifs is 1. The van der Waals surface area contributed by atoms with E-state index in [1.165, 1.54) is 12.3 Å². The fraction of sp³-hybridized carbons (Fsp3) is 0.111. The SMILES string of the molecule is Fc1ccc(CBr)c2occc12. The third-order valence-electron chi connectivity index (χ3n) is 1.79. The van der Waals surface area contributed by atoms with E-state index in [0.717, 1.165) is 5.56 Å². The molecule has 0 saturated carbocycles. The van der Waals surface area contributed by atoms with Gasteiger partial charge in [0.05, 0.1) is 11.6 Å². The van der Waals surface area contributed by atoms with E-state index in [1.54, 1.807) is 12.1 Å². The molecule has 3 heteroatoms. The summed E-state index contributed by atoms with van der Waals surface area (Å²) in [5.41, 5.74) is 1.60. The van der Waals surface area contributed by atoms with Crippen molar-refractivity contribution in [3.8, 4) is 0 Å². The molecule has 12 heavy (non-hydrogen) atoms. The summed E-state index contributed by atoms with van der Waals surface area (Å²) in [6, 6.07) is 4.81. The zero-order chi connectivity index (χ0) is 8.55. The van der Waals surface area contributed by atoms with Crippen LogP contribution in [0.25, 0.3) is 11.0 Å². The van der Waals surface area contributed by atoms with Gasteiger partial charge in [0, 0.05) is 10.9 Å². The van der Waals surface area contributed by atoms with Gasteiger partial charge in [0.2, 0.25) is 0 Å². The van der Waals surface area contributed by atoms with Gasteiger partial charge >= 0.3 is 0 Å². The van der Waals surface area contributed by atoms with Crippen molar-refractivity contribution in [2.45, 2.75) is 5.33 Å². The van der Waals surface area contributed by atoms with Gasteiger partial charge in [-0.3, -0.25) is 0 Å². The van der Waals surface area contributed by atoms with Crippen LogP contribution in [-0.4, -0.2) is 0 Å². The van der Waals surface area contributed by atoms with Crippen LogP contribution in [0.2, 0.25) is 0 Å². The highest BCUT2D eigenvalue weighted by Crippen LogP contribution is 2.24. The summed E-state index contributed by atoms with van der Waals surface area (Å²) in [4.78, 5) is 0. The second-order valence-electron chi connectivity index (χ2n) is 2.50. The van der Waals surface area contributed by atoms with Crippen LogP contribution in [0.15, 0.2) is 28.9 Å². The Hall–Kier alpha value is -0.830. The van der Waals surface area contributed by atoms with Crippen molar-refractivity contribution in [2.24, 2.45) is 0 Å². The van der Waals surface area contributed by atoms with Crippen LogP contribution in [0.4, 0.5) is 4.39 Å². The largest absolute Gasteiger partial charge is 0.464 e. The molecular weight excluding hydrogens is 223 g/mol. The lowest BCUT2D eigenvalue weighted by Gasteiger charge is -1.96. The van der Waals surface area contributed by atoms with Gasteiger partial charge in [0.15, 0.2) is 0 Å². The maximum Gasteiger partial charge on any atom is 0.140 e. The van der Waals surface area contributed by atoms with E-state index >= 15 is 0 Å². The molecule has 0 unspecified atom stereocenters. The summed E-state index contributed by atoms with van der Waals surface area (Å²) < 4.78 is 18.2. The third-order valence-corrected chi connectivity index (χ3v) is 2.39. The zero-order valence-electron chi connectivity index (χ0n) is 6.18. The monoisotopic (exact) mass is 228 g/mol. The van der Waals surface area contributed by atoms with Gasteiger partial charge in [-0.1, -0.05) is 22.0 Å². The van der Waals surface area contributed by atoms with Crippen LogP contribution < -0.4 is 0 Å². The minimum Gasteiger partial charge on any atom is -0.464 e. The lowest BCUT2D eigenvalue weighted by atomic mass is 10.2. The van der Waals surface area contributed by atoms with Crippen LogP contribution in [0.5, 0.6) is 0 Å². The van der Waals surface area contributed by atoms with Crippen LogP contribution >= 0.6 is 15.9 Å². The van der Waals surface area contributed by atoms with Crippen molar-refractivity contribution in [2.75, 3.05) is 0 Å². The van der Waals surface area contributed by atoms with Crippen molar-refractivity contribution >= 4 is 26.9 Å². The summed E-state index contributed by atoms with van der Waals surface area (Å²) in [7, 11) is 0. The zero-order valence-corrected chi connectivity index (χ0v) is 7.77. The molecule has 0 atom stereocenters. The molecule has 2 rings (SSSR count). The maximum absolute atomic E-state index is 13.1. The molecule has 1 nitrogen and oxygen atoms in total. The summed E-state index contributed by atoms with van der Waals surface area (Å²) >= 11 is 3.31. The smallest absolute Gasteiger partial charge is 0.140 e. The van der Waals surface area contributed by atoms with Gasteiger partial charge in [0.1, 0.15) is 11.4 Å². The molecule has 0 fully saturated rings. The van der Waals surface area contributed by atoms with Gasteiger partial charge in [-0.15, -0.1) is 0 Å². The number of furan rings is 1. The Kier molecular flexibility index (Phi) is 1.89. The lowest BCUT2D eigenvalue weighted by Crippen LogP contribution is -1.81. The minimum absolute atomic E-state index is 0.233. The average molecular weight is 229 g/mol. The molecule has 62 valence electrons. The number of alkyl halides is 1. The Morgan fingerprint density at radius 1 is 1.33 bits per heavy atom. The molecule has 0 aliphatic rings. The van der Waals surface area contributed by atoms with Crippen LogP contribution in [0.3, 0.4) is 0 Å². The minimum atomic E-state index is -0.233. The van der Waals surface area contributed by atoms with E-state index in [-0.39, 0.29) is 5.82 Å². The van der Waals surface area contributed by atoms with Gasteiger partial charge in [-0.25, -0.2) is 4.39 Å². The number of hydrogen-bond donors (Lipinski definition) is 0. The molecule has 2 aromatic rings. The van der Waals surface area contributed by atoms with Crippen LogP contribution in [0, 0.1) is 5.82 Å². The van der Waals surface area contributed by atoms with Crippen molar-refractivity contribution < 1.29 is 8.81 Å². The molecule has 0 aliphatic carbocycles. The standard InChI is InChI=1S/C9H6BrFO/c10-5-6-1-2-8(11)7-3-4-12-9(6)7/h1-4H,5H2. The van der Waals surface area contributed by atoms with Crippen molar-refractivity contribution in [1.29, 1.82) is 0 Å². The first-order chi connectivity index (χ1) is 5.83. The third kappa shape index (κ3) is 1.05. The van der Waals surface area contributed by atoms with Gasteiger partial charge in [0.25, 0.3) is 0 Å². The molecule has 0 radical (unpaired) electrons. The lowest BCUT2D eigenvalue weighted by molar-refractivity contribution is 0.607. The van der Waals surface area contributed by atoms with Crippen molar-refractivity contribution in [3.63, 3.8) is 0 Å². The maximum atomic E-state index is 13.1. The van der Waals surface area contributed by atoms with E-state index in [2.05, 4.69) is 15.9 Å². The Balaban J connectivity index is 2.82. The molecule has 0 amide bonds. The van der Waals surface area contributed by atoms with Crippen LogP contribution in [-0.2, 0) is 5.33 Å². The second kappa shape index (κ2) is 2.90. The number of rotatable bonds is 1. The Morgan fingerprint density at radius 2 is 2.17 bits per heavy atom. The van der Waals surface area contributed by atoms with Gasteiger partial charge < -0.3 is 4.42 Å². The first kappa shape index (κ1) is 7.80. The summed E-state index contributed by atoms with van der Waals surface area (Å²) in [6.45, 7) is 0. The first-order valence-corrected chi connectivity index (χ1v) is 4.65.